The van der Waals surface area contributed by atoms with Gasteiger partial charge in [0.05, 0.1) is 11.0 Å². The van der Waals surface area contributed by atoms with E-state index in [2.05, 4.69) is 41.5 Å². The monoisotopic (exact) mass is 230 g/mol. The van der Waals surface area contributed by atoms with E-state index in [1.165, 1.54) is 16.0 Å². The first-order valence-corrected chi connectivity index (χ1v) is 6.40. The Morgan fingerprint density at radius 1 is 1.38 bits per heavy atom. The van der Waals surface area contributed by atoms with E-state index in [4.69, 9.17) is 0 Å². The molecule has 1 unspecified atom stereocenters. The van der Waals surface area contributed by atoms with Gasteiger partial charge in [-0.3, -0.25) is 0 Å². The van der Waals surface area contributed by atoms with Crippen molar-refractivity contribution in [2.75, 3.05) is 6.54 Å². The second-order valence-electron chi connectivity index (χ2n) is 4.12. The van der Waals surface area contributed by atoms with Crippen LogP contribution in [0.25, 0.3) is 0 Å². The highest BCUT2D eigenvalue weighted by molar-refractivity contribution is 7.11. The number of fused-ring (bicyclic) bond motifs is 1. The smallest absolute Gasteiger partial charge is 0.0897 e. The van der Waals surface area contributed by atoms with Crippen molar-refractivity contribution in [2.45, 2.75) is 19.4 Å². The molecule has 1 aromatic heterocycles. The SMILES string of the molecule is Cc1ncc(C2NCCc3ccccc32)s1. The zero-order valence-electron chi connectivity index (χ0n) is 9.23. The summed E-state index contributed by atoms with van der Waals surface area (Å²) in [4.78, 5) is 5.67. The van der Waals surface area contributed by atoms with E-state index in [9.17, 15) is 0 Å². The lowest BCUT2D eigenvalue weighted by molar-refractivity contribution is 0.574. The van der Waals surface area contributed by atoms with Crippen molar-refractivity contribution in [1.29, 1.82) is 0 Å². The molecule has 0 radical (unpaired) electrons. The van der Waals surface area contributed by atoms with Crippen LogP contribution in [0.1, 0.15) is 27.1 Å². The summed E-state index contributed by atoms with van der Waals surface area (Å²) in [7, 11) is 0. The molecule has 3 heteroatoms. The molecule has 2 heterocycles. The highest BCUT2D eigenvalue weighted by Gasteiger charge is 2.22. The maximum Gasteiger partial charge on any atom is 0.0897 e. The van der Waals surface area contributed by atoms with E-state index in [-0.39, 0.29) is 0 Å². The van der Waals surface area contributed by atoms with E-state index in [1.807, 2.05) is 6.20 Å². The molecule has 3 rings (SSSR count). The fourth-order valence-corrected chi connectivity index (χ4v) is 3.15. The molecule has 2 nitrogen and oxygen atoms in total. The molecule has 1 atom stereocenters. The number of aromatic nitrogens is 1. The Kier molecular flexibility index (Phi) is 2.50. The molecule has 2 aromatic rings. The van der Waals surface area contributed by atoms with Crippen LogP contribution in [0.15, 0.2) is 30.5 Å². The van der Waals surface area contributed by atoms with Crippen LogP contribution in [0.3, 0.4) is 0 Å². The molecule has 1 aliphatic heterocycles. The molecule has 0 amide bonds. The summed E-state index contributed by atoms with van der Waals surface area (Å²) in [6, 6.07) is 9.04. The zero-order valence-corrected chi connectivity index (χ0v) is 10.1. The largest absolute Gasteiger partial charge is 0.305 e. The van der Waals surface area contributed by atoms with E-state index in [1.54, 1.807) is 11.3 Å². The van der Waals surface area contributed by atoms with Crippen molar-refractivity contribution in [1.82, 2.24) is 10.3 Å². The van der Waals surface area contributed by atoms with Gasteiger partial charge in [0.1, 0.15) is 0 Å². The average molecular weight is 230 g/mol. The van der Waals surface area contributed by atoms with Gasteiger partial charge < -0.3 is 5.32 Å². The predicted octanol–water partition coefficient (Wildman–Crippen LogP) is 2.69. The minimum absolute atomic E-state index is 0.344. The van der Waals surface area contributed by atoms with Gasteiger partial charge in [-0.15, -0.1) is 11.3 Å². The maximum atomic E-state index is 4.34. The summed E-state index contributed by atoms with van der Waals surface area (Å²) >= 11 is 1.78. The van der Waals surface area contributed by atoms with Gasteiger partial charge in [0, 0.05) is 17.6 Å². The molecular weight excluding hydrogens is 216 g/mol. The number of hydrogen-bond donors (Lipinski definition) is 1. The molecule has 0 spiro atoms. The first kappa shape index (κ1) is 10.00. The summed E-state index contributed by atoms with van der Waals surface area (Å²) in [6.45, 7) is 3.11. The van der Waals surface area contributed by atoms with E-state index in [0.717, 1.165) is 18.0 Å². The summed E-state index contributed by atoms with van der Waals surface area (Å²) in [5, 5.41) is 4.71. The van der Waals surface area contributed by atoms with Crippen LogP contribution in [-0.4, -0.2) is 11.5 Å². The average Bonchev–Trinajstić information content (AvgIpc) is 2.75. The minimum atomic E-state index is 0.344. The van der Waals surface area contributed by atoms with Crippen molar-refractivity contribution in [2.24, 2.45) is 0 Å². The Hall–Kier alpha value is -1.19. The third-order valence-corrected chi connectivity index (χ3v) is 4.01. The lowest BCUT2D eigenvalue weighted by Gasteiger charge is -2.25. The number of nitrogens with one attached hydrogen (secondary N) is 1. The Morgan fingerprint density at radius 2 is 2.25 bits per heavy atom. The summed E-state index contributed by atoms with van der Waals surface area (Å²) in [6.07, 6.45) is 3.13. The normalized spacial score (nSPS) is 19.4. The van der Waals surface area contributed by atoms with E-state index < -0.39 is 0 Å². The molecule has 0 aliphatic carbocycles. The van der Waals surface area contributed by atoms with Crippen LogP contribution in [0.4, 0.5) is 0 Å². The lowest BCUT2D eigenvalue weighted by Crippen LogP contribution is -2.29. The summed E-state index contributed by atoms with van der Waals surface area (Å²) in [5.74, 6) is 0. The van der Waals surface area contributed by atoms with Crippen molar-refractivity contribution >= 4 is 11.3 Å². The minimum Gasteiger partial charge on any atom is -0.305 e. The van der Waals surface area contributed by atoms with Crippen molar-refractivity contribution < 1.29 is 0 Å². The molecule has 1 aliphatic rings. The van der Waals surface area contributed by atoms with Crippen LogP contribution in [0.2, 0.25) is 0 Å². The van der Waals surface area contributed by atoms with E-state index in [0.29, 0.717) is 6.04 Å². The Morgan fingerprint density at radius 3 is 3.06 bits per heavy atom. The van der Waals surface area contributed by atoms with Crippen molar-refractivity contribution in [3.8, 4) is 0 Å². The van der Waals surface area contributed by atoms with E-state index >= 15 is 0 Å². The molecule has 1 N–H and O–H groups in total. The zero-order chi connectivity index (χ0) is 11.0. The second kappa shape index (κ2) is 4.00. The standard InChI is InChI=1S/C13H14N2S/c1-9-15-8-12(16-9)13-11-5-3-2-4-10(11)6-7-14-13/h2-5,8,13-14H,6-7H2,1H3. The molecular formula is C13H14N2S. The quantitative estimate of drug-likeness (QED) is 0.814. The topological polar surface area (TPSA) is 24.9 Å². The molecule has 16 heavy (non-hydrogen) atoms. The number of benzene rings is 1. The van der Waals surface area contributed by atoms with Crippen molar-refractivity contribution in [3.63, 3.8) is 0 Å². The summed E-state index contributed by atoms with van der Waals surface area (Å²) in [5.41, 5.74) is 2.88. The van der Waals surface area contributed by atoms with Crippen LogP contribution in [0.5, 0.6) is 0 Å². The van der Waals surface area contributed by atoms with Crippen LogP contribution < -0.4 is 5.32 Å². The number of nitrogens with zero attached hydrogens (tertiary/aromatic N) is 1. The van der Waals surface area contributed by atoms with Crippen LogP contribution in [-0.2, 0) is 6.42 Å². The highest BCUT2D eigenvalue weighted by atomic mass is 32.1. The molecule has 1 aromatic carbocycles. The number of thiazole rings is 1. The van der Waals surface area contributed by atoms with Gasteiger partial charge in [-0.25, -0.2) is 4.98 Å². The molecule has 0 bridgehead atoms. The van der Waals surface area contributed by atoms with Gasteiger partial charge in [-0.05, 0) is 24.5 Å². The number of rotatable bonds is 1. The molecule has 82 valence electrons. The Balaban J connectivity index is 2.04. The van der Waals surface area contributed by atoms with Gasteiger partial charge in [0.2, 0.25) is 0 Å². The van der Waals surface area contributed by atoms with Gasteiger partial charge >= 0.3 is 0 Å². The fraction of sp³-hybridized carbons (Fsp3) is 0.308. The highest BCUT2D eigenvalue weighted by Crippen LogP contribution is 2.31. The molecule has 0 fully saturated rings. The predicted molar refractivity (Wildman–Crippen MR) is 66.8 cm³/mol. The molecule has 0 saturated heterocycles. The molecule has 0 saturated carbocycles. The van der Waals surface area contributed by atoms with Crippen molar-refractivity contribution in [3.05, 3.63) is 51.5 Å². The lowest BCUT2D eigenvalue weighted by atomic mass is 9.94. The third-order valence-electron chi connectivity index (χ3n) is 3.03. The van der Waals surface area contributed by atoms with Gasteiger partial charge in [0.15, 0.2) is 0 Å². The van der Waals surface area contributed by atoms with Crippen LogP contribution >= 0.6 is 11.3 Å². The van der Waals surface area contributed by atoms with Gasteiger partial charge in [-0.1, -0.05) is 24.3 Å². The Labute approximate surface area is 99.4 Å². The van der Waals surface area contributed by atoms with Crippen LogP contribution in [0, 0.1) is 6.92 Å². The maximum absolute atomic E-state index is 4.34. The van der Waals surface area contributed by atoms with Gasteiger partial charge in [0.25, 0.3) is 0 Å². The number of hydrogen-bond acceptors (Lipinski definition) is 3. The first-order valence-electron chi connectivity index (χ1n) is 5.58. The first-order chi connectivity index (χ1) is 7.84. The second-order valence-corrected chi connectivity index (χ2v) is 5.38. The number of aryl methyl sites for hydroxylation is 1. The Bertz CT molecular complexity index is 504. The third kappa shape index (κ3) is 1.66. The van der Waals surface area contributed by atoms with Gasteiger partial charge in [-0.2, -0.15) is 0 Å². The summed E-state index contributed by atoms with van der Waals surface area (Å²) < 4.78 is 0. The fourth-order valence-electron chi connectivity index (χ4n) is 2.27.